The van der Waals surface area contributed by atoms with E-state index >= 15 is 0 Å². The monoisotopic (exact) mass is 496 g/mol. The fourth-order valence-electron chi connectivity index (χ4n) is 5.46. The van der Waals surface area contributed by atoms with E-state index in [1.807, 2.05) is 50.4 Å². The molecule has 3 aromatic rings. The van der Waals surface area contributed by atoms with Gasteiger partial charge in [0.15, 0.2) is 0 Å². The summed E-state index contributed by atoms with van der Waals surface area (Å²) in [4.78, 5) is 2.48. The lowest BCUT2D eigenvalue weighted by molar-refractivity contribution is 0.324. The van der Waals surface area contributed by atoms with Crippen LogP contribution in [0.25, 0.3) is 0 Å². The number of hydrogen-bond donors (Lipinski definition) is 0. The van der Waals surface area contributed by atoms with Crippen molar-refractivity contribution in [3.63, 3.8) is 0 Å². The molecule has 0 aliphatic carbocycles. The van der Waals surface area contributed by atoms with E-state index in [4.69, 9.17) is 0 Å². The van der Waals surface area contributed by atoms with E-state index in [2.05, 4.69) is 52.0 Å². The molecule has 0 saturated carbocycles. The van der Waals surface area contributed by atoms with Gasteiger partial charge in [0.25, 0.3) is 0 Å². The highest BCUT2D eigenvalue weighted by Crippen LogP contribution is 2.58. The van der Waals surface area contributed by atoms with Gasteiger partial charge in [-0.15, -0.1) is 0 Å². The Balaban J connectivity index is 1.71. The molecule has 160 valence electrons. The Bertz CT molecular complexity index is 1240. The summed E-state index contributed by atoms with van der Waals surface area (Å²) in [5.41, 5.74) is 4.10. The molecule has 1 fully saturated rings. The van der Waals surface area contributed by atoms with Crippen molar-refractivity contribution in [3.8, 4) is 0 Å². The first kappa shape index (κ1) is 20.7. The molecule has 0 aromatic heterocycles. The van der Waals surface area contributed by atoms with Crippen LogP contribution in [-0.4, -0.2) is 32.5 Å². The Kier molecular flexibility index (Phi) is 4.81. The summed E-state index contributed by atoms with van der Waals surface area (Å²) in [6, 6.07) is 23.7. The lowest BCUT2D eigenvalue weighted by Crippen LogP contribution is -2.49. The number of hydrogen-bond acceptors (Lipinski definition) is 3. The van der Waals surface area contributed by atoms with Gasteiger partial charge in [-0.05, 0) is 48.4 Å². The van der Waals surface area contributed by atoms with Gasteiger partial charge >= 0.3 is 0 Å². The lowest BCUT2D eigenvalue weighted by Gasteiger charge is -2.35. The highest BCUT2D eigenvalue weighted by Gasteiger charge is 2.62. The summed E-state index contributed by atoms with van der Waals surface area (Å²) >= 11 is 3.63. The van der Waals surface area contributed by atoms with E-state index in [1.54, 1.807) is 16.4 Å². The highest BCUT2D eigenvalue weighted by atomic mass is 79.9. The van der Waals surface area contributed by atoms with E-state index in [9.17, 15) is 8.42 Å². The molecule has 3 atom stereocenters. The molecule has 0 amide bonds. The number of likely N-dealkylation sites (N-methyl/N-ethyl adjacent to an activating group) is 1. The topological polar surface area (TPSA) is 40.6 Å². The molecule has 2 aliphatic heterocycles. The van der Waals surface area contributed by atoms with Crippen LogP contribution in [0, 0.1) is 6.92 Å². The second-order valence-electron chi connectivity index (χ2n) is 8.78. The molecule has 5 rings (SSSR count). The third-order valence-corrected chi connectivity index (χ3v) is 9.34. The van der Waals surface area contributed by atoms with E-state index in [0.29, 0.717) is 11.4 Å². The predicted octanol–water partition coefficient (Wildman–Crippen LogP) is 5.28. The molecule has 0 N–H and O–H groups in total. The quantitative estimate of drug-likeness (QED) is 0.495. The summed E-state index contributed by atoms with van der Waals surface area (Å²) in [6.45, 7) is 4.63. The third kappa shape index (κ3) is 2.99. The minimum atomic E-state index is -3.67. The zero-order valence-electron chi connectivity index (χ0n) is 17.8. The standard InChI is InChI=1S/C25H25BrN2O2S/c1-17-9-12-20(13-10-17)31(29,30)28-16-22(18-7-5-4-6-8-18)25(2)21-15-19(26)11-14-23(21)27(3)24(25)28/h4-15,22,24H,16H2,1-3H3. The number of rotatable bonds is 3. The Labute approximate surface area is 192 Å². The molecule has 2 aliphatic rings. The molecule has 0 bridgehead atoms. The minimum Gasteiger partial charge on any atom is -0.357 e. The normalized spacial score (nSPS) is 25.5. The van der Waals surface area contributed by atoms with Crippen LogP contribution in [-0.2, 0) is 15.4 Å². The number of benzene rings is 3. The van der Waals surface area contributed by atoms with Gasteiger partial charge in [-0.2, -0.15) is 4.31 Å². The fraction of sp³-hybridized carbons (Fsp3) is 0.280. The molecule has 1 saturated heterocycles. The molecule has 6 heteroatoms. The smallest absolute Gasteiger partial charge is 0.244 e. The number of aryl methyl sites for hydroxylation is 1. The van der Waals surface area contributed by atoms with Crippen molar-refractivity contribution in [2.75, 3.05) is 18.5 Å². The number of halogens is 1. The first-order valence-corrected chi connectivity index (χ1v) is 12.6. The summed E-state index contributed by atoms with van der Waals surface area (Å²) in [6.07, 6.45) is -0.298. The van der Waals surface area contributed by atoms with Crippen molar-refractivity contribution >= 4 is 31.6 Å². The fourth-order valence-corrected chi connectivity index (χ4v) is 7.54. The van der Waals surface area contributed by atoms with Gasteiger partial charge in [-0.25, -0.2) is 8.42 Å². The summed E-state index contributed by atoms with van der Waals surface area (Å²) in [5, 5.41) is 0. The van der Waals surface area contributed by atoms with E-state index in [0.717, 1.165) is 21.3 Å². The molecule has 31 heavy (non-hydrogen) atoms. The van der Waals surface area contributed by atoms with Gasteiger partial charge in [0, 0.05) is 35.1 Å². The summed E-state index contributed by atoms with van der Waals surface area (Å²) in [5.74, 6) is 0.0388. The molecule has 3 unspecified atom stereocenters. The van der Waals surface area contributed by atoms with Crippen LogP contribution in [0.2, 0.25) is 0 Å². The highest BCUT2D eigenvalue weighted by molar-refractivity contribution is 9.10. The number of anilines is 1. The van der Waals surface area contributed by atoms with Crippen LogP contribution >= 0.6 is 15.9 Å². The van der Waals surface area contributed by atoms with Crippen LogP contribution in [0.1, 0.15) is 29.5 Å². The first-order chi connectivity index (χ1) is 14.7. The van der Waals surface area contributed by atoms with Crippen molar-refractivity contribution in [3.05, 3.63) is 94.0 Å². The lowest BCUT2D eigenvalue weighted by atomic mass is 9.71. The molecule has 2 heterocycles. The summed E-state index contributed by atoms with van der Waals surface area (Å²) < 4.78 is 30.4. The van der Waals surface area contributed by atoms with Gasteiger partial charge in [-0.1, -0.05) is 70.9 Å². The third-order valence-electron chi connectivity index (χ3n) is 7.01. The minimum absolute atomic E-state index is 0.0388. The molecular weight excluding hydrogens is 472 g/mol. The average Bonchev–Trinajstić information content (AvgIpc) is 3.19. The largest absolute Gasteiger partial charge is 0.357 e. The molecule has 0 radical (unpaired) electrons. The maximum atomic E-state index is 13.9. The average molecular weight is 497 g/mol. The van der Waals surface area contributed by atoms with Gasteiger partial charge in [-0.3, -0.25) is 0 Å². The van der Waals surface area contributed by atoms with Crippen LogP contribution in [0.5, 0.6) is 0 Å². The Hall–Kier alpha value is -2.15. The van der Waals surface area contributed by atoms with Crippen LogP contribution in [0.4, 0.5) is 5.69 Å². The van der Waals surface area contributed by atoms with Crippen LogP contribution in [0.3, 0.4) is 0 Å². The van der Waals surface area contributed by atoms with Gasteiger partial charge < -0.3 is 4.90 Å². The maximum Gasteiger partial charge on any atom is 0.244 e. The summed E-state index contributed by atoms with van der Waals surface area (Å²) in [7, 11) is -1.66. The second-order valence-corrected chi connectivity index (χ2v) is 11.6. The Morgan fingerprint density at radius 3 is 2.35 bits per heavy atom. The number of nitrogens with zero attached hydrogens (tertiary/aromatic N) is 2. The van der Waals surface area contributed by atoms with Crippen molar-refractivity contribution in [2.24, 2.45) is 0 Å². The molecular formula is C25H25BrN2O2S. The second kappa shape index (κ2) is 7.19. The molecule has 3 aromatic carbocycles. The van der Waals surface area contributed by atoms with Crippen molar-refractivity contribution in [2.45, 2.75) is 36.2 Å². The van der Waals surface area contributed by atoms with E-state index in [-0.39, 0.29) is 17.5 Å². The van der Waals surface area contributed by atoms with Crippen LogP contribution in [0.15, 0.2) is 82.2 Å². The van der Waals surface area contributed by atoms with E-state index in [1.165, 1.54) is 5.56 Å². The zero-order valence-corrected chi connectivity index (χ0v) is 20.2. The first-order valence-electron chi connectivity index (χ1n) is 10.4. The SMILES string of the molecule is Cc1ccc(S(=O)(=O)N2CC(c3ccccc3)C3(C)c4cc(Br)ccc4N(C)C23)cc1. The number of fused-ring (bicyclic) bond motifs is 3. The van der Waals surface area contributed by atoms with Gasteiger partial charge in [0.1, 0.15) is 6.17 Å². The maximum absolute atomic E-state index is 13.9. The molecule has 0 spiro atoms. The van der Waals surface area contributed by atoms with E-state index < -0.39 is 10.0 Å². The van der Waals surface area contributed by atoms with Crippen molar-refractivity contribution in [1.29, 1.82) is 0 Å². The van der Waals surface area contributed by atoms with Crippen LogP contribution < -0.4 is 4.90 Å². The zero-order chi connectivity index (χ0) is 22.0. The Morgan fingerprint density at radius 1 is 1.00 bits per heavy atom. The predicted molar refractivity (Wildman–Crippen MR) is 128 cm³/mol. The van der Waals surface area contributed by atoms with Crippen molar-refractivity contribution in [1.82, 2.24) is 4.31 Å². The van der Waals surface area contributed by atoms with Crippen molar-refractivity contribution < 1.29 is 8.42 Å². The molecule has 4 nitrogen and oxygen atoms in total. The Morgan fingerprint density at radius 2 is 1.68 bits per heavy atom. The van der Waals surface area contributed by atoms with Gasteiger partial charge in [0.2, 0.25) is 10.0 Å². The number of sulfonamides is 1. The van der Waals surface area contributed by atoms with Gasteiger partial charge in [0.05, 0.1) is 4.90 Å².